The van der Waals surface area contributed by atoms with Crippen LogP contribution in [0.4, 0.5) is 11.4 Å². The van der Waals surface area contributed by atoms with Crippen LogP contribution >= 0.6 is 0 Å². The summed E-state index contributed by atoms with van der Waals surface area (Å²) in [7, 11) is 2.03. The zero-order valence-corrected chi connectivity index (χ0v) is 11.4. The Morgan fingerprint density at radius 3 is 1.89 bits per heavy atom. The fourth-order valence-electron chi connectivity index (χ4n) is 1.97. The van der Waals surface area contributed by atoms with Crippen LogP contribution in [0.25, 0.3) is 0 Å². The standard InChI is InChI=1S/C16H19N3/c1-3-12-4-8-14(9-5-12)19(2)15-10-6-13(7-11-15)16(17)18/h4-11H,3H2,1-2H3,(H3,17,18). The van der Waals surface area contributed by atoms with E-state index in [0.29, 0.717) is 0 Å². The summed E-state index contributed by atoms with van der Waals surface area (Å²) in [6.45, 7) is 2.15. The molecule has 3 N–H and O–H groups in total. The molecule has 0 unspecified atom stereocenters. The molecule has 0 radical (unpaired) electrons. The van der Waals surface area contributed by atoms with E-state index in [4.69, 9.17) is 11.1 Å². The molecular weight excluding hydrogens is 234 g/mol. The van der Waals surface area contributed by atoms with Gasteiger partial charge in [0.2, 0.25) is 0 Å². The number of rotatable bonds is 4. The number of hydrogen-bond donors (Lipinski definition) is 2. The molecule has 0 bridgehead atoms. The zero-order chi connectivity index (χ0) is 13.8. The van der Waals surface area contributed by atoms with Gasteiger partial charge in [-0.05, 0) is 48.4 Å². The van der Waals surface area contributed by atoms with Crippen molar-refractivity contribution >= 4 is 17.2 Å². The highest BCUT2D eigenvalue weighted by atomic mass is 15.1. The van der Waals surface area contributed by atoms with Crippen LogP contribution in [0.15, 0.2) is 48.5 Å². The van der Waals surface area contributed by atoms with Gasteiger partial charge in [-0.25, -0.2) is 0 Å². The van der Waals surface area contributed by atoms with Crippen molar-refractivity contribution in [2.24, 2.45) is 5.73 Å². The summed E-state index contributed by atoms with van der Waals surface area (Å²) >= 11 is 0. The van der Waals surface area contributed by atoms with E-state index in [1.165, 1.54) is 5.56 Å². The summed E-state index contributed by atoms with van der Waals surface area (Å²) in [5.41, 5.74) is 9.76. The third-order valence-electron chi connectivity index (χ3n) is 3.30. The van der Waals surface area contributed by atoms with E-state index < -0.39 is 0 Å². The Morgan fingerprint density at radius 1 is 1.00 bits per heavy atom. The maximum absolute atomic E-state index is 7.39. The Morgan fingerprint density at radius 2 is 1.47 bits per heavy atom. The molecule has 0 aliphatic rings. The van der Waals surface area contributed by atoms with E-state index in [2.05, 4.69) is 36.1 Å². The van der Waals surface area contributed by atoms with Gasteiger partial charge >= 0.3 is 0 Å². The van der Waals surface area contributed by atoms with Gasteiger partial charge in [0.1, 0.15) is 5.84 Å². The molecular formula is C16H19N3. The number of nitrogens with one attached hydrogen (secondary N) is 1. The summed E-state index contributed by atoms with van der Waals surface area (Å²) in [5, 5.41) is 7.39. The first-order valence-electron chi connectivity index (χ1n) is 6.39. The molecule has 19 heavy (non-hydrogen) atoms. The highest BCUT2D eigenvalue weighted by Gasteiger charge is 2.04. The Kier molecular flexibility index (Phi) is 3.85. The third-order valence-corrected chi connectivity index (χ3v) is 3.30. The van der Waals surface area contributed by atoms with E-state index in [1.54, 1.807) is 0 Å². The van der Waals surface area contributed by atoms with Gasteiger partial charge in [0.15, 0.2) is 0 Å². The molecule has 2 aromatic carbocycles. The number of nitrogens with zero attached hydrogens (tertiary/aromatic N) is 1. The summed E-state index contributed by atoms with van der Waals surface area (Å²) in [6, 6.07) is 16.2. The molecule has 0 aromatic heterocycles. The third kappa shape index (κ3) is 2.94. The lowest BCUT2D eigenvalue weighted by Gasteiger charge is -2.20. The molecule has 0 spiro atoms. The number of amidine groups is 1. The molecule has 98 valence electrons. The van der Waals surface area contributed by atoms with Crippen molar-refractivity contribution in [1.29, 1.82) is 5.41 Å². The SMILES string of the molecule is CCc1ccc(N(C)c2ccc(C(=N)N)cc2)cc1. The van der Waals surface area contributed by atoms with Crippen LogP contribution in [0.3, 0.4) is 0 Å². The lowest BCUT2D eigenvalue weighted by molar-refractivity contribution is 1.13. The summed E-state index contributed by atoms with van der Waals surface area (Å²) in [5.74, 6) is 0.0986. The predicted molar refractivity (Wildman–Crippen MR) is 81.3 cm³/mol. The maximum Gasteiger partial charge on any atom is 0.122 e. The van der Waals surface area contributed by atoms with Gasteiger partial charge in [0, 0.05) is 24.0 Å². The average molecular weight is 253 g/mol. The smallest absolute Gasteiger partial charge is 0.122 e. The Labute approximate surface area is 114 Å². The van der Waals surface area contributed by atoms with Gasteiger partial charge in [-0.15, -0.1) is 0 Å². The topological polar surface area (TPSA) is 53.1 Å². The maximum atomic E-state index is 7.39. The number of anilines is 2. The molecule has 0 amide bonds. The van der Waals surface area contributed by atoms with Gasteiger partial charge < -0.3 is 10.6 Å². The molecule has 3 nitrogen and oxygen atoms in total. The van der Waals surface area contributed by atoms with Crippen molar-refractivity contribution in [3.05, 3.63) is 59.7 Å². The summed E-state index contributed by atoms with van der Waals surface area (Å²) < 4.78 is 0. The van der Waals surface area contributed by atoms with Crippen molar-refractivity contribution in [1.82, 2.24) is 0 Å². The fourth-order valence-corrected chi connectivity index (χ4v) is 1.97. The highest BCUT2D eigenvalue weighted by molar-refractivity contribution is 5.95. The van der Waals surface area contributed by atoms with Gasteiger partial charge in [0.25, 0.3) is 0 Å². The summed E-state index contributed by atoms with van der Waals surface area (Å²) in [4.78, 5) is 2.11. The minimum atomic E-state index is 0.0986. The molecule has 0 atom stereocenters. The van der Waals surface area contributed by atoms with Crippen LogP contribution in [0.2, 0.25) is 0 Å². The molecule has 0 aliphatic heterocycles. The number of nitrogens with two attached hydrogens (primary N) is 1. The van der Waals surface area contributed by atoms with Crippen LogP contribution in [-0.2, 0) is 6.42 Å². The molecule has 3 heteroatoms. The summed E-state index contributed by atoms with van der Waals surface area (Å²) in [6.07, 6.45) is 1.05. The molecule has 2 rings (SSSR count). The predicted octanol–water partition coefficient (Wildman–Crippen LogP) is 3.30. The molecule has 0 saturated carbocycles. The lowest BCUT2D eigenvalue weighted by atomic mass is 10.1. The van der Waals surface area contributed by atoms with Crippen molar-refractivity contribution in [3.8, 4) is 0 Å². The minimum absolute atomic E-state index is 0.0986. The number of hydrogen-bond acceptors (Lipinski definition) is 2. The highest BCUT2D eigenvalue weighted by Crippen LogP contribution is 2.24. The van der Waals surface area contributed by atoms with Gasteiger partial charge in [-0.3, -0.25) is 5.41 Å². The van der Waals surface area contributed by atoms with E-state index in [9.17, 15) is 0 Å². The largest absolute Gasteiger partial charge is 0.384 e. The van der Waals surface area contributed by atoms with Crippen molar-refractivity contribution in [2.75, 3.05) is 11.9 Å². The van der Waals surface area contributed by atoms with Crippen LogP contribution < -0.4 is 10.6 Å². The van der Waals surface area contributed by atoms with Crippen LogP contribution in [0, 0.1) is 5.41 Å². The Bertz CT molecular complexity index is 556. The van der Waals surface area contributed by atoms with Gasteiger partial charge in [0.05, 0.1) is 0 Å². The van der Waals surface area contributed by atoms with Crippen LogP contribution in [0.1, 0.15) is 18.1 Å². The van der Waals surface area contributed by atoms with E-state index in [-0.39, 0.29) is 5.84 Å². The first-order chi connectivity index (χ1) is 9.11. The van der Waals surface area contributed by atoms with E-state index >= 15 is 0 Å². The second kappa shape index (κ2) is 5.57. The van der Waals surface area contributed by atoms with Crippen molar-refractivity contribution < 1.29 is 0 Å². The Hall–Kier alpha value is -2.29. The number of benzene rings is 2. The number of nitrogen functional groups attached to an aromatic ring is 1. The van der Waals surface area contributed by atoms with Crippen LogP contribution in [-0.4, -0.2) is 12.9 Å². The molecule has 0 fully saturated rings. The van der Waals surface area contributed by atoms with Crippen molar-refractivity contribution in [3.63, 3.8) is 0 Å². The average Bonchev–Trinajstić information content (AvgIpc) is 2.46. The molecule has 0 heterocycles. The molecule has 0 aliphatic carbocycles. The van der Waals surface area contributed by atoms with E-state index in [0.717, 1.165) is 23.4 Å². The van der Waals surface area contributed by atoms with E-state index in [1.807, 2.05) is 31.3 Å². The first-order valence-corrected chi connectivity index (χ1v) is 6.39. The fraction of sp³-hybridized carbons (Fsp3) is 0.188. The molecule has 2 aromatic rings. The lowest BCUT2D eigenvalue weighted by Crippen LogP contribution is -2.12. The monoisotopic (exact) mass is 253 g/mol. The van der Waals surface area contributed by atoms with Crippen LogP contribution in [0.5, 0.6) is 0 Å². The number of aryl methyl sites for hydroxylation is 1. The van der Waals surface area contributed by atoms with Gasteiger partial charge in [-0.1, -0.05) is 19.1 Å². The van der Waals surface area contributed by atoms with Crippen molar-refractivity contribution in [2.45, 2.75) is 13.3 Å². The first kappa shape index (κ1) is 13.1. The quantitative estimate of drug-likeness (QED) is 0.649. The normalized spacial score (nSPS) is 10.2. The molecule has 0 saturated heterocycles. The Balaban J connectivity index is 2.22. The second-order valence-electron chi connectivity index (χ2n) is 4.54. The van der Waals surface area contributed by atoms with Gasteiger partial charge in [-0.2, -0.15) is 0 Å². The second-order valence-corrected chi connectivity index (χ2v) is 4.54. The zero-order valence-electron chi connectivity index (χ0n) is 11.4. The minimum Gasteiger partial charge on any atom is -0.384 e.